The largest absolute Gasteiger partial charge is 0.444 e. The third kappa shape index (κ3) is 5.34. The van der Waals surface area contributed by atoms with Gasteiger partial charge >= 0.3 is 6.09 Å². The minimum atomic E-state index is -0.810. The number of amides is 2. The zero-order valence-electron chi connectivity index (χ0n) is 14.3. The van der Waals surface area contributed by atoms with Gasteiger partial charge in [-0.1, -0.05) is 11.6 Å². The number of halogens is 1. The number of hydrogen-bond donors (Lipinski definition) is 1. The van der Waals surface area contributed by atoms with Crippen molar-refractivity contribution in [1.82, 2.24) is 4.90 Å². The van der Waals surface area contributed by atoms with E-state index >= 15 is 0 Å². The Bertz CT molecular complexity index is 709. The summed E-state index contributed by atoms with van der Waals surface area (Å²) in [5.41, 5.74) is 0.170. The summed E-state index contributed by atoms with van der Waals surface area (Å²) in [6.07, 6.45) is -1.29. The number of hydrogen-bond acceptors (Lipinski definition) is 5. The van der Waals surface area contributed by atoms with Crippen molar-refractivity contribution in [2.24, 2.45) is 0 Å². The SMILES string of the molecule is CC(C)(C)OC(=O)N1CCOC(C(=O)Nc2ccc(C#N)c(Cl)c2)C1. The van der Waals surface area contributed by atoms with Crippen LogP contribution in [0.3, 0.4) is 0 Å². The molecule has 0 radical (unpaired) electrons. The van der Waals surface area contributed by atoms with Crippen molar-refractivity contribution in [3.05, 3.63) is 28.8 Å². The molecule has 2 amide bonds. The van der Waals surface area contributed by atoms with Crippen LogP contribution in [0.2, 0.25) is 5.02 Å². The fraction of sp³-hybridized carbons (Fsp3) is 0.471. The van der Waals surface area contributed by atoms with Gasteiger partial charge in [-0.15, -0.1) is 0 Å². The predicted octanol–water partition coefficient (Wildman–Crippen LogP) is 2.79. The summed E-state index contributed by atoms with van der Waals surface area (Å²) in [4.78, 5) is 25.9. The maximum absolute atomic E-state index is 12.4. The van der Waals surface area contributed by atoms with Gasteiger partial charge in [0.1, 0.15) is 11.7 Å². The molecule has 0 bridgehead atoms. The Kier molecular flexibility index (Phi) is 5.88. The standard InChI is InChI=1S/C17H20ClN3O4/c1-17(2,3)25-16(23)21-6-7-24-14(10-21)15(22)20-12-5-4-11(9-19)13(18)8-12/h4-5,8,14H,6-7,10H2,1-3H3,(H,20,22). The summed E-state index contributed by atoms with van der Waals surface area (Å²) in [6, 6.07) is 6.54. The van der Waals surface area contributed by atoms with Crippen molar-refractivity contribution in [2.75, 3.05) is 25.0 Å². The number of carbonyl (C=O) groups is 2. The molecule has 1 unspecified atom stereocenters. The quantitative estimate of drug-likeness (QED) is 0.870. The van der Waals surface area contributed by atoms with Gasteiger partial charge in [0, 0.05) is 12.2 Å². The van der Waals surface area contributed by atoms with Gasteiger partial charge in [-0.25, -0.2) is 4.79 Å². The first-order valence-electron chi connectivity index (χ1n) is 7.79. The van der Waals surface area contributed by atoms with Crippen LogP contribution in [0.25, 0.3) is 0 Å². The number of ether oxygens (including phenoxy) is 2. The summed E-state index contributed by atoms with van der Waals surface area (Å²) in [5, 5.41) is 11.8. The molecular weight excluding hydrogens is 346 g/mol. The molecule has 1 N–H and O–H groups in total. The molecule has 1 saturated heterocycles. The Morgan fingerprint density at radius 2 is 2.16 bits per heavy atom. The smallest absolute Gasteiger partial charge is 0.410 e. The number of rotatable bonds is 2. The van der Waals surface area contributed by atoms with Crippen LogP contribution < -0.4 is 5.32 Å². The third-order valence-electron chi connectivity index (χ3n) is 3.37. The van der Waals surface area contributed by atoms with Gasteiger partial charge in [0.25, 0.3) is 5.91 Å². The van der Waals surface area contributed by atoms with E-state index in [0.29, 0.717) is 17.8 Å². The van der Waals surface area contributed by atoms with Crippen LogP contribution in [0.15, 0.2) is 18.2 Å². The second-order valence-corrected chi connectivity index (χ2v) is 6.99. The molecule has 0 aromatic heterocycles. The molecule has 8 heteroatoms. The predicted molar refractivity (Wildman–Crippen MR) is 92.3 cm³/mol. The lowest BCUT2D eigenvalue weighted by atomic mass is 10.2. The monoisotopic (exact) mass is 365 g/mol. The van der Waals surface area contributed by atoms with E-state index in [1.165, 1.54) is 17.0 Å². The van der Waals surface area contributed by atoms with Crippen molar-refractivity contribution in [2.45, 2.75) is 32.5 Å². The number of nitriles is 1. The lowest BCUT2D eigenvalue weighted by Crippen LogP contribution is -2.51. The Labute approximate surface area is 151 Å². The highest BCUT2D eigenvalue weighted by atomic mass is 35.5. The topological polar surface area (TPSA) is 91.7 Å². The number of nitrogens with zero attached hydrogens (tertiary/aromatic N) is 2. The molecule has 2 rings (SSSR count). The molecule has 1 aromatic rings. The number of benzene rings is 1. The van der Waals surface area contributed by atoms with E-state index in [9.17, 15) is 9.59 Å². The Hall–Kier alpha value is -2.30. The van der Waals surface area contributed by atoms with Crippen LogP contribution in [-0.2, 0) is 14.3 Å². The molecule has 0 saturated carbocycles. The molecule has 134 valence electrons. The van der Waals surface area contributed by atoms with Crippen molar-refractivity contribution in [1.29, 1.82) is 5.26 Å². The normalized spacial score (nSPS) is 17.6. The van der Waals surface area contributed by atoms with Crippen LogP contribution in [0.1, 0.15) is 26.3 Å². The molecule has 0 spiro atoms. The fourth-order valence-electron chi connectivity index (χ4n) is 2.21. The van der Waals surface area contributed by atoms with Gasteiger partial charge in [-0.3, -0.25) is 4.79 Å². The molecule has 1 heterocycles. The van der Waals surface area contributed by atoms with Crippen molar-refractivity contribution in [3.8, 4) is 6.07 Å². The number of carbonyl (C=O) groups excluding carboxylic acids is 2. The molecule has 1 aliphatic heterocycles. The first kappa shape index (κ1) is 19.0. The van der Waals surface area contributed by atoms with E-state index < -0.39 is 23.7 Å². The molecule has 25 heavy (non-hydrogen) atoms. The number of anilines is 1. The fourth-order valence-corrected chi connectivity index (χ4v) is 2.43. The van der Waals surface area contributed by atoms with Crippen molar-refractivity contribution >= 4 is 29.3 Å². The molecule has 1 fully saturated rings. The molecule has 7 nitrogen and oxygen atoms in total. The van der Waals surface area contributed by atoms with Crippen molar-refractivity contribution < 1.29 is 19.1 Å². The zero-order chi connectivity index (χ0) is 18.6. The highest BCUT2D eigenvalue weighted by Crippen LogP contribution is 2.21. The van der Waals surface area contributed by atoms with E-state index in [1.807, 2.05) is 6.07 Å². The summed E-state index contributed by atoms with van der Waals surface area (Å²) < 4.78 is 10.8. The molecule has 0 aliphatic carbocycles. The van der Waals surface area contributed by atoms with Gasteiger partial charge in [-0.05, 0) is 39.0 Å². The second kappa shape index (κ2) is 7.72. The molecule has 1 aromatic carbocycles. The highest BCUT2D eigenvalue weighted by molar-refractivity contribution is 6.32. The molecule has 1 aliphatic rings. The highest BCUT2D eigenvalue weighted by Gasteiger charge is 2.31. The summed E-state index contributed by atoms with van der Waals surface area (Å²) >= 11 is 5.95. The van der Waals surface area contributed by atoms with E-state index in [0.717, 1.165) is 0 Å². The number of nitrogens with one attached hydrogen (secondary N) is 1. The van der Waals surface area contributed by atoms with Gasteiger partial charge in [0.05, 0.1) is 23.7 Å². The first-order chi connectivity index (χ1) is 11.7. The Balaban J connectivity index is 1.99. The van der Waals surface area contributed by atoms with E-state index in [2.05, 4.69) is 5.32 Å². The Morgan fingerprint density at radius 1 is 1.44 bits per heavy atom. The van der Waals surface area contributed by atoms with E-state index in [1.54, 1.807) is 26.8 Å². The van der Waals surface area contributed by atoms with Crippen LogP contribution in [0.5, 0.6) is 0 Å². The molecule has 1 atom stereocenters. The van der Waals surface area contributed by atoms with E-state index in [-0.39, 0.29) is 18.2 Å². The second-order valence-electron chi connectivity index (χ2n) is 6.58. The Morgan fingerprint density at radius 3 is 2.76 bits per heavy atom. The average Bonchev–Trinajstić information content (AvgIpc) is 2.53. The van der Waals surface area contributed by atoms with Gasteiger partial charge in [0.15, 0.2) is 6.10 Å². The van der Waals surface area contributed by atoms with Gasteiger partial charge in [0.2, 0.25) is 0 Å². The average molecular weight is 366 g/mol. The van der Waals surface area contributed by atoms with Crippen molar-refractivity contribution in [3.63, 3.8) is 0 Å². The lowest BCUT2D eigenvalue weighted by Gasteiger charge is -2.33. The minimum absolute atomic E-state index is 0.102. The summed E-state index contributed by atoms with van der Waals surface area (Å²) in [5.74, 6) is -0.394. The first-order valence-corrected chi connectivity index (χ1v) is 8.17. The van der Waals surface area contributed by atoms with Crippen LogP contribution in [-0.4, -0.2) is 48.3 Å². The molecular formula is C17H20ClN3O4. The maximum atomic E-state index is 12.4. The number of morpholine rings is 1. The summed E-state index contributed by atoms with van der Waals surface area (Å²) in [6.45, 7) is 6.05. The van der Waals surface area contributed by atoms with Crippen LogP contribution >= 0.6 is 11.6 Å². The summed E-state index contributed by atoms with van der Waals surface area (Å²) in [7, 11) is 0. The third-order valence-corrected chi connectivity index (χ3v) is 3.68. The van der Waals surface area contributed by atoms with Gasteiger partial charge in [-0.2, -0.15) is 5.26 Å². The maximum Gasteiger partial charge on any atom is 0.410 e. The van der Waals surface area contributed by atoms with E-state index in [4.69, 9.17) is 26.3 Å². The minimum Gasteiger partial charge on any atom is -0.444 e. The zero-order valence-corrected chi connectivity index (χ0v) is 15.1. The van der Waals surface area contributed by atoms with Crippen LogP contribution in [0, 0.1) is 11.3 Å². The van der Waals surface area contributed by atoms with Crippen LogP contribution in [0.4, 0.5) is 10.5 Å². The van der Waals surface area contributed by atoms with Gasteiger partial charge < -0.3 is 19.7 Å². The lowest BCUT2D eigenvalue weighted by molar-refractivity contribution is -0.132.